The smallest absolute Gasteiger partial charge is 0.345 e. The maximum absolute atomic E-state index is 13.9. The number of carbonyl (C=O) groups is 1. The molecule has 33 heavy (non-hydrogen) atoms. The van der Waals surface area contributed by atoms with Crippen molar-refractivity contribution in [1.82, 2.24) is 10.1 Å². The minimum absolute atomic E-state index is 0.00320. The fourth-order valence-corrected chi connectivity index (χ4v) is 4.80. The molecule has 2 aromatic rings. The summed E-state index contributed by atoms with van der Waals surface area (Å²) in [6.45, 7) is 9.84. The summed E-state index contributed by atoms with van der Waals surface area (Å²) in [4.78, 5) is 17.1. The van der Waals surface area contributed by atoms with Gasteiger partial charge in [0.15, 0.2) is 5.66 Å². The number of hydrogen-bond donors (Lipinski definition) is 0. The van der Waals surface area contributed by atoms with Crippen molar-refractivity contribution in [3.8, 4) is 11.4 Å². The first-order valence-electron chi connectivity index (χ1n) is 10.8. The molecule has 8 nitrogen and oxygen atoms in total. The van der Waals surface area contributed by atoms with Gasteiger partial charge in [-0.3, -0.25) is 9.36 Å². The zero-order valence-electron chi connectivity index (χ0n) is 19.8. The van der Waals surface area contributed by atoms with E-state index in [2.05, 4.69) is 10.1 Å². The van der Waals surface area contributed by atoms with Crippen molar-refractivity contribution in [3.05, 3.63) is 35.7 Å². The minimum Gasteiger partial charge on any atom is -0.459 e. The van der Waals surface area contributed by atoms with E-state index < -0.39 is 30.7 Å². The number of carbonyl (C=O) groups excluding carboxylic acids is 1. The van der Waals surface area contributed by atoms with Crippen LogP contribution in [0.1, 0.15) is 59.4 Å². The van der Waals surface area contributed by atoms with Gasteiger partial charge in [0, 0.05) is 17.5 Å². The summed E-state index contributed by atoms with van der Waals surface area (Å²) in [6, 6.07) is 5.53. The quantitative estimate of drug-likeness (QED) is 0.291. The summed E-state index contributed by atoms with van der Waals surface area (Å²) in [5.74, 6) is -3.56. The molecular weight excluding hydrogens is 457 g/mol. The zero-order chi connectivity index (χ0) is 24.9. The largest absolute Gasteiger partial charge is 0.459 e. The van der Waals surface area contributed by atoms with Crippen LogP contribution >= 0.6 is 7.60 Å². The van der Waals surface area contributed by atoms with Gasteiger partial charge in [0.2, 0.25) is 11.7 Å². The average Bonchev–Trinajstić information content (AvgIpc) is 3.20. The molecule has 0 aliphatic rings. The Hall–Kier alpha value is -2.16. The molecule has 2 rings (SSSR count). The summed E-state index contributed by atoms with van der Waals surface area (Å²) in [6.07, 6.45) is -0.560. The van der Waals surface area contributed by atoms with E-state index in [1.165, 1.54) is 31.2 Å². The van der Waals surface area contributed by atoms with Crippen molar-refractivity contribution in [2.75, 3.05) is 13.2 Å². The van der Waals surface area contributed by atoms with E-state index in [1.807, 2.05) is 0 Å². The molecule has 0 saturated heterocycles. The molecule has 0 aliphatic heterocycles. The van der Waals surface area contributed by atoms with E-state index in [0.717, 1.165) is 0 Å². The van der Waals surface area contributed by atoms with Crippen molar-refractivity contribution >= 4 is 13.6 Å². The van der Waals surface area contributed by atoms with E-state index in [1.54, 1.807) is 34.6 Å². The van der Waals surface area contributed by atoms with Gasteiger partial charge in [-0.05, 0) is 34.6 Å². The zero-order valence-corrected chi connectivity index (χ0v) is 20.7. The van der Waals surface area contributed by atoms with Gasteiger partial charge in [-0.15, -0.1) is 0 Å². The third-order valence-electron chi connectivity index (χ3n) is 4.52. The van der Waals surface area contributed by atoms with Crippen LogP contribution in [0.15, 0.2) is 28.8 Å². The van der Waals surface area contributed by atoms with Crippen LogP contribution in [0.25, 0.3) is 11.4 Å². The van der Waals surface area contributed by atoms with Gasteiger partial charge in [-0.1, -0.05) is 36.3 Å². The monoisotopic (exact) mass is 488 g/mol. The fourth-order valence-electron chi connectivity index (χ4n) is 2.96. The molecule has 184 valence electrons. The Labute approximate surface area is 192 Å². The second-order valence-electron chi connectivity index (χ2n) is 8.28. The summed E-state index contributed by atoms with van der Waals surface area (Å²) in [5, 5.41) is 3.86. The van der Waals surface area contributed by atoms with E-state index >= 15 is 0 Å². The molecule has 0 radical (unpaired) electrons. The molecule has 1 aromatic heterocycles. The number of halogens is 2. The normalized spacial score (nSPS) is 13.7. The molecule has 1 atom stereocenters. The molecule has 11 heteroatoms. The van der Waals surface area contributed by atoms with Crippen molar-refractivity contribution in [1.29, 1.82) is 0 Å². The van der Waals surface area contributed by atoms with Crippen LogP contribution < -0.4 is 0 Å². The molecule has 1 heterocycles. The lowest BCUT2D eigenvalue weighted by molar-refractivity contribution is -0.154. The fraction of sp³-hybridized carbons (Fsp3) is 0.591. The highest BCUT2D eigenvalue weighted by atomic mass is 31.2. The number of hydrogen-bond acceptors (Lipinski definition) is 8. The molecular formula is C22H31F2N2O6P. The van der Waals surface area contributed by atoms with Crippen LogP contribution in [0, 0.1) is 0 Å². The highest BCUT2D eigenvalue weighted by Crippen LogP contribution is 2.54. The summed E-state index contributed by atoms with van der Waals surface area (Å²) >= 11 is 0. The van der Waals surface area contributed by atoms with E-state index in [9.17, 15) is 18.1 Å². The lowest BCUT2D eigenvalue weighted by Crippen LogP contribution is -2.34. The third-order valence-corrected chi connectivity index (χ3v) is 6.92. The van der Waals surface area contributed by atoms with Crippen molar-refractivity contribution in [3.63, 3.8) is 0 Å². The lowest BCUT2D eigenvalue weighted by atomic mass is 10.0. The number of rotatable bonds is 11. The Morgan fingerprint density at radius 2 is 1.67 bits per heavy atom. The van der Waals surface area contributed by atoms with E-state index in [-0.39, 0.29) is 43.3 Å². The van der Waals surface area contributed by atoms with Crippen molar-refractivity contribution < 1.29 is 36.4 Å². The molecule has 0 spiro atoms. The Kier molecular flexibility index (Phi) is 8.90. The van der Waals surface area contributed by atoms with Gasteiger partial charge < -0.3 is 18.3 Å². The molecule has 0 aliphatic carbocycles. The Morgan fingerprint density at radius 1 is 1.09 bits per heavy atom. The number of aromatic nitrogens is 2. The second-order valence-corrected chi connectivity index (χ2v) is 10.5. The number of alkyl halides is 2. The topological polar surface area (TPSA) is 101 Å². The molecule has 0 N–H and O–H groups in total. The van der Waals surface area contributed by atoms with Crippen molar-refractivity contribution in [2.24, 2.45) is 0 Å². The standard InChI is InChI=1S/C22H31F2N2O6P/c1-7-22(23,24)16-12-10-15(11-13-16)19-25-18(32-26-19)14-17(20(27)31-21(4,5)6)33(28,29-8-2)30-9-3/h10-13,17H,7-9,14H2,1-6H3. The van der Waals surface area contributed by atoms with E-state index in [4.69, 9.17) is 18.3 Å². The van der Waals surface area contributed by atoms with Crippen LogP contribution in [0.2, 0.25) is 0 Å². The highest BCUT2D eigenvalue weighted by Gasteiger charge is 2.44. The number of esters is 1. The van der Waals surface area contributed by atoms with Gasteiger partial charge in [0.05, 0.1) is 19.6 Å². The Balaban J connectivity index is 2.32. The van der Waals surface area contributed by atoms with Crippen LogP contribution in [-0.4, -0.2) is 40.6 Å². The maximum Gasteiger partial charge on any atom is 0.345 e. The Bertz CT molecular complexity index is 962. The molecule has 1 aromatic carbocycles. The SMILES string of the molecule is CCOP(=O)(OCC)C(Cc1nc(-c2ccc(C(F)(F)CC)cc2)no1)C(=O)OC(C)(C)C. The predicted molar refractivity (Wildman–Crippen MR) is 118 cm³/mol. The summed E-state index contributed by atoms with van der Waals surface area (Å²) < 4.78 is 62.5. The minimum atomic E-state index is -3.91. The molecule has 0 bridgehead atoms. The van der Waals surface area contributed by atoms with Crippen LogP contribution in [0.5, 0.6) is 0 Å². The average molecular weight is 488 g/mol. The molecule has 0 fully saturated rings. The van der Waals surface area contributed by atoms with Gasteiger partial charge >= 0.3 is 13.6 Å². The highest BCUT2D eigenvalue weighted by molar-refractivity contribution is 7.55. The second kappa shape index (κ2) is 10.8. The maximum atomic E-state index is 13.9. The summed E-state index contributed by atoms with van der Waals surface area (Å²) in [5.41, 5.74) is -1.82. The first-order valence-corrected chi connectivity index (χ1v) is 12.4. The Morgan fingerprint density at radius 3 is 2.15 bits per heavy atom. The molecule has 0 amide bonds. The van der Waals surface area contributed by atoms with Crippen LogP contribution in [-0.2, 0) is 35.5 Å². The van der Waals surface area contributed by atoms with E-state index in [0.29, 0.717) is 5.56 Å². The first-order chi connectivity index (χ1) is 15.3. The lowest BCUT2D eigenvalue weighted by Gasteiger charge is -2.27. The third kappa shape index (κ3) is 7.16. The number of ether oxygens (including phenoxy) is 1. The summed E-state index contributed by atoms with van der Waals surface area (Å²) in [7, 11) is -3.91. The first kappa shape index (κ1) is 27.1. The van der Waals surface area contributed by atoms with Crippen molar-refractivity contribution in [2.45, 2.75) is 71.6 Å². The van der Waals surface area contributed by atoms with Gasteiger partial charge in [0.1, 0.15) is 5.60 Å². The van der Waals surface area contributed by atoms with Gasteiger partial charge in [0.25, 0.3) is 5.92 Å². The van der Waals surface area contributed by atoms with Gasteiger partial charge in [-0.25, -0.2) is 8.78 Å². The van der Waals surface area contributed by atoms with Crippen LogP contribution in [0.3, 0.4) is 0 Å². The van der Waals surface area contributed by atoms with Crippen LogP contribution in [0.4, 0.5) is 8.78 Å². The molecule has 1 unspecified atom stereocenters. The number of nitrogens with zero attached hydrogens (tertiary/aromatic N) is 2. The predicted octanol–water partition coefficient (Wildman–Crippen LogP) is 5.76. The number of benzene rings is 1. The van der Waals surface area contributed by atoms with Gasteiger partial charge in [-0.2, -0.15) is 4.98 Å². The molecule has 0 saturated carbocycles.